The van der Waals surface area contributed by atoms with Crippen molar-refractivity contribution in [3.8, 4) is 0 Å². The highest BCUT2D eigenvalue weighted by molar-refractivity contribution is 5.70. The van der Waals surface area contributed by atoms with Gasteiger partial charge in [0.25, 0.3) is 0 Å². The van der Waals surface area contributed by atoms with Crippen LogP contribution >= 0.6 is 0 Å². The molecule has 0 aliphatic rings. The summed E-state index contributed by atoms with van der Waals surface area (Å²) in [4.78, 5) is 25.4. The molecule has 0 aliphatic carbocycles. The first-order valence-corrected chi connectivity index (χ1v) is 27.0. The van der Waals surface area contributed by atoms with Crippen LogP contribution in [-0.4, -0.2) is 37.9 Å². The quantitative estimate of drug-likeness (QED) is 0.0346. The summed E-state index contributed by atoms with van der Waals surface area (Å²) >= 11 is 0. The van der Waals surface area contributed by atoms with Crippen LogP contribution in [-0.2, 0) is 23.8 Å². The topological polar surface area (TPSA) is 61.8 Å². The Hall–Kier alpha value is -4.48. The average Bonchev–Trinajstić information content (AvgIpc) is 3.34. The molecule has 0 heterocycles. The minimum atomic E-state index is -0.603. The lowest BCUT2D eigenvalue weighted by Gasteiger charge is -2.18. The van der Waals surface area contributed by atoms with Crippen LogP contribution < -0.4 is 0 Å². The molecule has 0 aromatic carbocycles. The van der Waals surface area contributed by atoms with E-state index in [1.165, 1.54) is 38.5 Å². The average molecular weight is 935 g/mol. The van der Waals surface area contributed by atoms with E-state index >= 15 is 0 Å². The second-order valence-electron chi connectivity index (χ2n) is 17.0. The number of allylic oxidation sites excluding steroid dienone is 26. The zero-order valence-corrected chi connectivity index (χ0v) is 43.6. The zero-order valence-electron chi connectivity index (χ0n) is 43.6. The molecule has 0 aromatic heterocycles. The maximum Gasteiger partial charge on any atom is 0.306 e. The van der Waals surface area contributed by atoms with E-state index < -0.39 is 6.10 Å². The van der Waals surface area contributed by atoms with E-state index in [9.17, 15) is 9.59 Å². The number of unbranched alkanes of at least 4 members (excludes halogenated alkanes) is 10. The standard InChI is InChI=1S/C63H98O5/c1-4-7-10-13-16-19-22-25-28-30-32-34-36-38-41-44-47-50-53-56-62(64)67-60-61(59-66-58-55-52-49-46-43-40-27-24-21-18-15-12-9-6-3)68-63(65)57-54-51-48-45-42-39-37-35-33-31-29-26-23-20-17-14-11-8-5-2/h7-8,10-12,15-17,19-21,24-26,28-29,32-35,38-39,41-42,47,50,61H,4-6,9,13-14,18,22-23,27,30-31,36-37,40,43-46,48-49,51-60H2,1-3H3/b10-7-,11-8-,15-12-,19-16-,20-17-,24-21-,28-25-,29-26-,34-32-,35-33-,41-38-,42-39-,50-47-. The molecule has 68 heavy (non-hydrogen) atoms. The number of hydrogen-bond acceptors (Lipinski definition) is 5. The van der Waals surface area contributed by atoms with Crippen molar-refractivity contribution in [2.24, 2.45) is 0 Å². The van der Waals surface area contributed by atoms with Crippen LogP contribution in [0.15, 0.2) is 158 Å². The van der Waals surface area contributed by atoms with Crippen LogP contribution in [0.4, 0.5) is 0 Å². The first-order valence-electron chi connectivity index (χ1n) is 27.0. The smallest absolute Gasteiger partial charge is 0.306 e. The van der Waals surface area contributed by atoms with E-state index in [0.717, 1.165) is 122 Å². The number of rotatable bonds is 47. The van der Waals surface area contributed by atoms with Gasteiger partial charge in [0.1, 0.15) is 6.61 Å². The number of hydrogen-bond donors (Lipinski definition) is 0. The van der Waals surface area contributed by atoms with Crippen molar-refractivity contribution in [3.63, 3.8) is 0 Å². The lowest BCUT2D eigenvalue weighted by Crippen LogP contribution is -2.30. The molecule has 0 aliphatic heterocycles. The largest absolute Gasteiger partial charge is 0.462 e. The third-order valence-electron chi connectivity index (χ3n) is 10.5. The van der Waals surface area contributed by atoms with Gasteiger partial charge in [0.15, 0.2) is 6.10 Å². The highest BCUT2D eigenvalue weighted by Gasteiger charge is 2.17. The van der Waals surface area contributed by atoms with Crippen molar-refractivity contribution in [2.45, 2.75) is 207 Å². The number of ether oxygens (including phenoxy) is 3. The Morgan fingerprint density at radius 2 is 0.691 bits per heavy atom. The highest BCUT2D eigenvalue weighted by Crippen LogP contribution is 2.11. The minimum absolute atomic E-state index is 0.0157. The van der Waals surface area contributed by atoms with Gasteiger partial charge in [-0.2, -0.15) is 0 Å². The lowest BCUT2D eigenvalue weighted by molar-refractivity contribution is -0.162. The molecule has 0 N–H and O–H groups in total. The third-order valence-corrected chi connectivity index (χ3v) is 10.5. The van der Waals surface area contributed by atoms with Gasteiger partial charge in [-0.25, -0.2) is 0 Å². The first-order chi connectivity index (χ1) is 33.6. The van der Waals surface area contributed by atoms with Crippen molar-refractivity contribution < 1.29 is 23.8 Å². The van der Waals surface area contributed by atoms with Gasteiger partial charge in [0.05, 0.1) is 6.61 Å². The van der Waals surface area contributed by atoms with Crippen molar-refractivity contribution in [1.82, 2.24) is 0 Å². The fourth-order valence-corrected chi connectivity index (χ4v) is 6.60. The van der Waals surface area contributed by atoms with Gasteiger partial charge in [-0.05, 0) is 128 Å². The van der Waals surface area contributed by atoms with Gasteiger partial charge in [-0.3, -0.25) is 9.59 Å². The molecular weight excluding hydrogens is 837 g/mol. The zero-order chi connectivity index (χ0) is 49.2. The Labute approximate surface area is 418 Å². The summed E-state index contributed by atoms with van der Waals surface area (Å²) in [6.45, 7) is 7.37. The molecule has 0 saturated heterocycles. The fraction of sp³-hybridized carbons (Fsp3) is 0.556. The monoisotopic (exact) mass is 935 g/mol. The summed E-state index contributed by atoms with van der Waals surface area (Å²) in [6.07, 6.45) is 84.1. The summed E-state index contributed by atoms with van der Waals surface area (Å²) in [7, 11) is 0. The normalized spacial score (nSPS) is 13.5. The Balaban J connectivity index is 4.51. The van der Waals surface area contributed by atoms with E-state index in [2.05, 4.69) is 173 Å². The van der Waals surface area contributed by atoms with E-state index in [0.29, 0.717) is 19.4 Å². The number of carbonyl (C=O) groups is 2. The first kappa shape index (κ1) is 63.5. The van der Waals surface area contributed by atoms with E-state index in [1.807, 2.05) is 6.08 Å². The van der Waals surface area contributed by atoms with Gasteiger partial charge in [-0.1, -0.05) is 217 Å². The molecule has 1 unspecified atom stereocenters. The van der Waals surface area contributed by atoms with Gasteiger partial charge >= 0.3 is 11.9 Å². The molecule has 0 saturated carbocycles. The molecule has 380 valence electrons. The summed E-state index contributed by atoms with van der Waals surface area (Å²) in [5.74, 6) is -0.551. The molecule has 0 radical (unpaired) electrons. The predicted octanol–water partition coefficient (Wildman–Crippen LogP) is 18.7. The van der Waals surface area contributed by atoms with Crippen LogP contribution in [0.1, 0.15) is 201 Å². The van der Waals surface area contributed by atoms with Gasteiger partial charge in [0, 0.05) is 19.4 Å². The summed E-state index contributed by atoms with van der Waals surface area (Å²) in [5, 5.41) is 0. The molecule has 0 rings (SSSR count). The molecule has 5 nitrogen and oxygen atoms in total. The van der Waals surface area contributed by atoms with Crippen molar-refractivity contribution in [1.29, 1.82) is 0 Å². The number of esters is 2. The molecule has 0 fully saturated rings. The Morgan fingerprint density at radius 1 is 0.338 bits per heavy atom. The minimum Gasteiger partial charge on any atom is -0.462 e. The Bertz CT molecular complexity index is 1520. The Morgan fingerprint density at radius 3 is 1.12 bits per heavy atom. The summed E-state index contributed by atoms with van der Waals surface area (Å²) < 4.78 is 17.3. The third kappa shape index (κ3) is 54.1. The van der Waals surface area contributed by atoms with Gasteiger partial charge < -0.3 is 14.2 Å². The molecule has 1 atom stereocenters. The molecule has 0 spiro atoms. The molecular formula is C63H98O5. The highest BCUT2D eigenvalue weighted by atomic mass is 16.6. The van der Waals surface area contributed by atoms with Crippen molar-refractivity contribution in [3.05, 3.63) is 158 Å². The summed E-state index contributed by atoms with van der Waals surface area (Å²) in [6, 6.07) is 0. The van der Waals surface area contributed by atoms with Gasteiger partial charge in [0.2, 0.25) is 0 Å². The maximum atomic E-state index is 12.8. The molecule has 0 amide bonds. The second-order valence-corrected chi connectivity index (χ2v) is 17.0. The maximum absolute atomic E-state index is 12.8. The summed E-state index contributed by atoms with van der Waals surface area (Å²) in [5.41, 5.74) is 0. The van der Waals surface area contributed by atoms with Crippen molar-refractivity contribution >= 4 is 11.9 Å². The SMILES string of the molecule is CC/C=C\C/C=C\C/C=C\C/C=C\C/C=C\C/C=C\CCC(=O)OCC(COCCCCCCCC/C=C\C/C=C\CCC)OC(=O)CCCCC/C=C\C/C=C\C/C=C\C/C=C\C/C=C\CC. The second kappa shape index (κ2) is 56.8. The van der Waals surface area contributed by atoms with Gasteiger partial charge in [-0.15, -0.1) is 0 Å². The predicted molar refractivity (Wildman–Crippen MR) is 297 cm³/mol. The van der Waals surface area contributed by atoms with Crippen LogP contribution in [0.3, 0.4) is 0 Å². The fourth-order valence-electron chi connectivity index (χ4n) is 6.60. The van der Waals surface area contributed by atoms with Crippen LogP contribution in [0, 0.1) is 0 Å². The van der Waals surface area contributed by atoms with E-state index in [1.54, 1.807) is 0 Å². The number of carbonyl (C=O) groups excluding carboxylic acids is 2. The van der Waals surface area contributed by atoms with Crippen LogP contribution in [0.25, 0.3) is 0 Å². The van der Waals surface area contributed by atoms with Crippen LogP contribution in [0.5, 0.6) is 0 Å². The van der Waals surface area contributed by atoms with E-state index in [4.69, 9.17) is 14.2 Å². The molecule has 5 heteroatoms. The van der Waals surface area contributed by atoms with E-state index in [-0.39, 0.29) is 31.6 Å². The molecule has 0 bridgehead atoms. The Kier molecular flexibility index (Phi) is 53.1. The van der Waals surface area contributed by atoms with Crippen molar-refractivity contribution in [2.75, 3.05) is 19.8 Å². The van der Waals surface area contributed by atoms with Crippen LogP contribution in [0.2, 0.25) is 0 Å². The molecule has 0 aromatic rings. The lowest BCUT2D eigenvalue weighted by atomic mass is 10.1.